The van der Waals surface area contributed by atoms with Crippen LogP contribution in [0.5, 0.6) is 0 Å². The van der Waals surface area contributed by atoms with Crippen LogP contribution in [0.25, 0.3) is 0 Å². The van der Waals surface area contributed by atoms with Crippen molar-refractivity contribution in [2.24, 2.45) is 0 Å². The molecular weight excluding hydrogens is 313 g/mol. The van der Waals surface area contributed by atoms with Crippen LogP contribution >= 0.6 is 22.6 Å². The lowest BCUT2D eigenvalue weighted by Crippen LogP contribution is -2.12. The van der Waals surface area contributed by atoms with Crippen molar-refractivity contribution in [1.29, 1.82) is 0 Å². The van der Waals surface area contributed by atoms with E-state index in [9.17, 15) is 8.42 Å². The van der Waals surface area contributed by atoms with Crippen molar-refractivity contribution in [3.05, 3.63) is 29.8 Å². The van der Waals surface area contributed by atoms with Gasteiger partial charge in [-0.1, -0.05) is 40.3 Å². The monoisotopic (exact) mass is 323 g/mol. The first-order chi connectivity index (χ1) is 6.51. The van der Waals surface area contributed by atoms with E-state index in [0.29, 0.717) is 11.4 Å². The van der Waals surface area contributed by atoms with Gasteiger partial charge >= 0.3 is 0 Å². The molecular formula is C9H10INO2S. The minimum atomic E-state index is -3.21. The largest absolute Gasteiger partial charge is 0.244 e. The molecule has 0 radical (unpaired) electrons. The summed E-state index contributed by atoms with van der Waals surface area (Å²) in [5.41, 5.74) is 1.07. The number of sulfonamides is 1. The molecule has 0 aromatic heterocycles. The van der Waals surface area contributed by atoms with E-state index in [1.165, 1.54) is 4.31 Å². The predicted octanol–water partition coefficient (Wildman–Crippen LogP) is 1.76. The van der Waals surface area contributed by atoms with E-state index in [1.54, 1.807) is 12.1 Å². The van der Waals surface area contributed by atoms with Gasteiger partial charge in [-0.3, -0.25) is 0 Å². The van der Waals surface area contributed by atoms with Crippen molar-refractivity contribution in [1.82, 2.24) is 4.31 Å². The smallest absolute Gasteiger partial charge is 0.207 e. The number of hydrogen-bond donors (Lipinski definition) is 0. The van der Waals surface area contributed by atoms with E-state index < -0.39 is 10.0 Å². The van der Waals surface area contributed by atoms with Crippen LogP contribution in [0.3, 0.4) is 0 Å². The molecule has 0 N–H and O–H groups in total. The Labute approximate surface area is 97.3 Å². The van der Waals surface area contributed by atoms with Crippen LogP contribution in [-0.2, 0) is 10.0 Å². The average Bonchev–Trinajstić information content (AvgIpc) is 2.84. The quantitative estimate of drug-likeness (QED) is 0.360. The maximum absolute atomic E-state index is 11.8. The molecule has 1 aromatic carbocycles. The maximum Gasteiger partial charge on any atom is 0.244 e. The molecule has 0 amide bonds. The highest BCUT2D eigenvalue weighted by Crippen LogP contribution is 2.32. The number of benzene rings is 1. The second-order valence-corrected chi connectivity index (χ2v) is 6.65. The van der Waals surface area contributed by atoms with Crippen molar-refractivity contribution in [3.8, 4) is 0 Å². The topological polar surface area (TPSA) is 37.1 Å². The summed E-state index contributed by atoms with van der Waals surface area (Å²) in [6, 6.07) is 6.95. The van der Waals surface area contributed by atoms with Gasteiger partial charge in [0.1, 0.15) is 0 Å². The van der Waals surface area contributed by atoms with Crippen molar-refractivity contribution in [3.63, 3.8) is 0 Å². The van der Waals surface area contributed by atoms with Crippen LogP contribution < -0.4 is 0 Å². The summed E-state index contributed by atoms with van der Waals surface area (Å²) in [6.45, 7) is 2.58. The normalized spacial score (nSPS) is 26.1. The molecule has 0 aliphatic carbocycles. The SMILES string of the molecule is Cc1ccc(S(=O)(=O)N2CC2I)cc1. The zero-order chi connectivity index (χ0) is 10.3. The summed E-state index contributed by atoms with van der Waals surface area (Å²) in [5.74, 6) is 0. The second kappa shape index (κ2) is 3.46. The lowest BCUT2D eigenvalue weighted by Gasteiger charge is -2.04. The Morgan fingerprint density at radius 1 is 1.36 bits per heavy atom. The van der Waals surface area contributed by atoms with Crippen molar-refractivity contribution in [2.45, 2.75) is 15.9 Å². The van der Waals surface area contributed by atoms with Crippen LogP contribution in [0.2, 0.25) is 0 Å². The van der Waals surface area contributed by atoms with E-state index in [1.807, 2.05) is 19.1 Å². The highest BCUT2D eigenvalue weighted by Gasteiger charge is 2.42. The van der Waals surface area contributed by atoms with Crippen LogP contribution in [-0.4, -0.2) is 23.3 Å². The summed E-state index contributed by atoms with van der Waals surface area (Å²) < 4.78 is 25.3. The fourth-order valence-electron chi connectivity index (χ4n) is 1.20. The molecule has 2 rings (SSSR count). The molecule has 14 heavy (non-hydrogen) atoms. The van der Waals surface area contributed by atoms with E-state index in [0.717, 1.165) is 5.56 Å². The second-order valence-electron chi connectivity index (χ2n) is 3.32. The molecule has 2 unspecified atom stereocenters. The molecule has 1 aromatic rings. The molecule has 2 atom stereocenters. The van der Waals surface area contributed by atoms with Crippen molar-refractivity contribution >= 4 is 32.6 Å². The first kappa shape index (κ1) is 10.4. The molecule has 76 valence electrons. The highest BCUT2D eigenvalue weighted by atomic mass is 127. The van der Waals surface area contributed by atoms with Crippen molar-refractivity contribution < 1.29 is 8.42 Å². The highest BCUT2D eigenvalue weighted by molar-refractivity contribution is 14.1. The van der Waals surface area contributed by atoms with Gasteiger partial charge in [-0.2, -0.15) is 4.31 Å². The Balaban J connectivity index is 2.35. The Morgan fingerprint density at radius 3 is 2.29 bits per heavy atom. The fraction of sp³-hybridized carbons (Fsp3) is 0.333. The Morgan fingerprint density at radius 2 is 1.86 bits per heavy atom. The standard InChI is InChI=1S/C9H10INO2S/c1-7-2-4-8(5-3-7)14(12,13)11-6-9(11)10/h2-5,9H,6H2,1H3. The number of hydrogen-bond acceptors (Lipinski definition) is 2. The van der Waals surface area contributed by atoms with E-state index in [-0.39, 0.29) is 4.05 Å². The first-order valence-corrected chi connectivity index (χ1v) is 6.93. The molecule has 0 spiro atoms. The van der Waals surface area contributed by atoms with Crippen molar-refractivity contribution in [2.75, 3.05) is 6.54 Å². The van der Waals surface area contributed by atoms with Gasteiger partial charge in [0.2, 0.25) is 10.0 Å². The summed E-state index contributed by atoms with van der Waals surface area (Å²) in [5, 5.41) is 0. The molecule has 0 saturated carbocycles. The van der Waals surface area contributed by atoms with E-state index >= 15 is 0 Å². The third kappa shape index (κ3) is 1.80. The Kier molecular flexibility index (Phi) is 2.57. The van der Waals surface area contributed by atoms with E-state index in [4.69, 9.17) is 0 Å². The van der Waals surface area contributed by atoms with Crippen LogP contribution in [0, 0.1) is 6.92 Å². The predicted molar refractivity (Wildman–Crippen MR) is 62.9 cm³/mol. The van der Waals surface area contributed by atoms with Gasteiger partial charge in [0.15, 0.2) is 0 Å². The molecule has 1 fully saturated rings. The first-order valence-electron chi connectivity index (χ1n) is 4.24. The summed E-state index contributed by atoms with van der Waals surface area (Å²) in [6.07, 6.45) is 0. The van der Waals surface area contributed by atoms with E-state index in [2.05, 4.69) is 22.6 Å². The Bertz CT molecular complexity index is 440. The molecule has 3 nitrogen and oxygen atoms in total. The zero-order valence-electron chi connectivity index (χ0n) is 7.64. The van der Waals surface area contributed by atoms with Crippen LogP contribution in [0.1, 0.15) is 5.56 Å². The number of rotatable bonds is 2. The number of aryl methyl sites for hydroxylation is 1. The number of nitrogens with zero attached hydrogens (tertiary/aromatic N) is 1. The molecule has 1 heterocycles. The minimum Gasteiger partial charge on any atom is -0.207 e. The minimum absolute atomic E-state index is 0.138. The molecule has 0 bridgehead atoms. The van der Waals surface area contributed by atoms with Gasteiger partial charge in [-0.15, -0.1) is 0 Å². The molecule has 1 saturated heterocycles. The van der Waals surface area contributed by atoms with Crippen LogP contribution in [0.15, 0.2) is 29.2 Å². The molecule has 1 aliphatic heterocycles. The Hall–Kier alpha value is -0.140. The fourth-order valence-corrected chi connectivity index (χ4v) is 4.17. The lowest BCUT2D eigenvalue weighted by molar-refractivity contribution is 0.562. The summed E-state index contributed by atoms with van der Waals surface area (Å²) >= 11 is 2.12. The van der Waals surface area contributed by atoms with Gasteiger partial charge in [0.05, 0.1) is 8.94 Å². The third-order valence-electron chi connectivity index (χ3n) is 2.14. The average molecular weight is 323 g/mol. The zero-order valence-corrected chi connectivity index (χ0v) is 10.6. The van der Waals surface area contributed by atoms with Gasteiger partial charge in [0.25, 0.3) is 0 Å². The maximum atomic E-state index is 11.8. The van der Waals surface area contributed by atoms with Gasteiger partial charge < -0.3 is 0 Å². The van der Waals surface area contributed by atoms with Gasteiger partial charge in [-0.05, 0) is 19.1 Å². The molecule has 1 aliphatic rings. The summed E-state index contributed by atoms with van der Waals surface area (Å²) in [4.78, 5) is 0.391. The number of alkyl halides is 1. The van der Waals surface area contributed by atoms with Gasteiger partial charge in [0, 0.05) is 6.54 Å². The van der Waals surface area contributed by atoms with Gasteiger partial charge in [-0.25, -0.2) is 8.42 Å². The molecule has 5 heteroatoms. The summed E-state index contributed by atoms with van der Waals surface area (Å²) in [7, 11) is -3.21. The third-order valence-corrected chi connectivity index (χ3v) is 5.47. The number of halogens is 1. The van der Waals surface area contributed by atoms with Crippen LogP contribution in [0.4, 0.5) is 0 Å². The lowest BCUT2D eigenvalue weighted by atomic mass is 10.2.